The minimum Gasteiger partial charge on any atom is -0.358 e. The van der Waals surface area contributed by atoms with E-state index in [0.29, 0.717) is 24.1 Å². The Kier molecular flexibility index (Phi) is 6.37. The van der Waals surface area contributed by atoms with Gasteiger partial charge in [0.1, 0.15) is 18.5 Å². The molecule has 1 aliphatic rings. The van der Waals surface area contributed by atoms with Crippen molar-refractivity contribution in [2.45, 2.75) is 31.4 Å². The topological polar surface area (TPSA) is 29.5 Å². The van der Waals surface area contributed by atoms with E-state index in [9.17, 15) is 18.0 Å². The number of hydrogen-bond acceptors (Lipinski definition) is 2. The van der Waals surface area contributed by atoms with E-state index in [0.717, 1.165) is 25.0 Å². The lowest BCUT2D eigenvalue weighted by Gasteiger charge is -2.39. The van der Waals surface area contributed by atoms with Gasteiger partial charge in [0.15, 0.2) is 11.6 Å². The van der Waals surface area contributed by atoms with Crippen molar-refractivity contribution in [3.63, 3.8) is 0 Å². The van der Waals surface area contributed by atoms with Crippen LogP contribution in [0.4, 0.5) is 13.2 Å². The lowest BCUT2D eigenvalue weighted by molar-refractivity contribution is -0.140. The number of carbonyl (C=O) groups is 1. The Hall–Kier alpha value is -2.78. The van der Waals surface area contributed by atoms with Crippen LogP contribution in [0.1, 0.15) is 42.5 Å². The molecule has 0 aromatic heterocycles. The van der Waals surface area contributed by atoms with Crippen molar-refractivity contribution in [2.75, 3.05) is 13.2 Å². The fraction of sp³-hybridized carbons (Fsp3) is 0.318. The van der Waals surface area contributed by atoms with Crippen LogP contribution in [0.25, 0.3) is 0 Å². The molecule has 6 heteroatoms. The Labute approximate surface area is 162 Å². The predicted molar refractivity (Wildman–Crippen MR) is 98.6 cm³/mol. The third kappa shape index (κ3) is 4.37. The average molecular weight is 387 g/mol. The normalized spacial score (nSPS) is 16.5. The smallest absolute Gasteiger partial charge is 0.223 e. The number of amides is 1. The Morgan fingerprint density at radius 2 is 1.75 bits per heavy atom. The van der Waals surface area contributed by atoms with Crippen LogP contribution in [0, 0.1) is 29.8 Å². The standard InChI is InChI=1S/C22H20F3NO2/c1-2-13-28-22(16-8-11-18(24)19(25)14-16)21(15-6-9-17(23)10-7-15)26-12-4-3-5-20(26)27/h1,6-11,14,21-22H,3-5,12-13H2/t21-,22+/m0/s1. The number of piperidine rings is 1. The van der Waals surface area contributed by atoms with Crippen LogP contribution in [0.5, 0.6) is 0 Å². The first kappa shape index (κ1) is 20.0. The number of hydrogen-bond donors (Lipinski definition) is 0. The maximum atomic E-state index is 13.9. The Morgan fingerprint density at radius 1 is 1.04 bits per heavy atom. The van der Waals surface area contributed by atoms with Gasteiger partial charge in [-0.1, -0.05) is 24.1 Å². The SMILES string of the molecule is C#CCO[C@H](c1ccc(F)c(F)c1)[C@H](c1ccc(F)cc1)N1CCCCC1=O. The van der Waals surface area contributed by atoms with Crippen LogP contribution >= 0.6 is 0 Å². The van der Waals surface area contributed by atoms with Crippen LogP contribution < -0.4 is 0 Å². The third-order valence-electron chi connectivity index (χ3n) is 4.81. The van der Waals surface area contributed by atoms with Crippen LogP contribution in [0.15, 0.2) is 42.5 Å². The van der Waals surface area contributed by atoms with Crippen LogP contribution in [-0.2, 0) is 9.53 Å². The number of carbonyl (C=O) groups excluding carboxylic acids is 1. The summed E-state index contributed by atoms with van der Waals surface area (Å²) < 4.78 is 46.6. The predicted octanol–water partition coefficient (Wildman–Crippen LogP) is 4.55. The molecule has 0 aliphatic carbocycles. The van der Waals surface area contributed by atoms with Gasteiger partial charge < -0.3 is 9.64 Å². The molecule has 0 unspecified atom stereocenters. The molecule has 3 nitrogen and oxygen atoms in total. The monoisotopic (exact) mass is 387 g/mol. The molecule has 1 fully saturated rings. The van der Waals surface area contributed by atoms with Gasteiger partial charge in [-0.15, -0.1) is 6.42 Å². The summed E-state index contributed by atoms with van der Waals surface area (Å²) in [6, 6.07) is 8.53. The molecule has 0 bridgehead atoms. The molecule has 0 spiro atoms. The summed E-state index contributed by atoms with van der Waals surface area (Å²) >= 11 is 0. The number of halogens is 3. The molecule has 146 valence electrons. The molecule has 0 N–H and O–H groups in total. The molecular weight excluding hydrogens is 367 g/mol. The summed E-state index contributed by atoms with van der Waals surface area (Å²) in [5.41, 5.74) is 0.977. The van der Waals surface area contributed by atoms with E-state index in [2.05, 4.69) is 5.92 Å². The van der Waals surface area contributed by atoms with E-state index >= 15 is 0 Å². The van der Waals surface area contributed by atoms with Gasteiger partial charge >= 0.3 is 0 Å². The second kappa shape index (κ2) is 8.94. The zero-order valence-corrected chi connectivity index (χ0v) is 15.2. The maximum Gasteiger partial charge on any atom is 0.223 e. The molecule has 28 heavy (non-hydrogen) atoms. The first-order chi connectivity index (χ1) is 13.5. The van der Waals surface area contributed by atoms with Crippen molar-refractivity contribution in [2.24, 2.45) is 0 Å². The molecule has 1 amide bonds. The van der Waals surface area contributed by atoms with E-state index in [-0.39, 0.29) is 12.5 Å². The minimum atomic E-state index is -1.02. The summed E-state index contributed by atoms with van der Waals surface area (Å²) in [4.78, 5) is 14.3. The summed E-state index contributed by atoms with van der Waals surface area (Å²) in [6.45, 7) is 0.407. The van der Waals surface area contributed by atoms with Crippen molar-refractivity contribution >= 4 is 5.91 Å². The van der Waals surface area contributed by atoms with E-state index < -0.39 is 29.6 Å². The quantitative estimate of drug-likeness (QED) is 0.681. The second-order valence-electron chi connectivity index (χ2n) is 6.65. The van der Waals surface area contributed by atoms with Gasteiger partial charge in [0.05, 0.1) is 6.04 Å². The fourth-order valence-corrected chi connectivity index (χ4v) is 3.50. The highest BCUT2D eigenvalue weighted by Gasteiger charge is 2.35. The van der Waals surface area contributed by atoms with E-state index in [1.165, 1.54) is 18.2 Å². The van der Waals surface area contributed by atoms with Gasteiger partial charge in [0.2, 0.25) is 5.91 Å². The van der Waals surface area contributed by atoms with Gasteiger partial charge in [0, 0.05) is 13.0 Å². The van der Waals surface area contributed by atoms with Gasteiger partial charge in [0.25, 0.3) is 0 Å². The Morgan fingerprint density at radius 3 is 2.39 bits per heavy atom. The molecule has 0 radical (unpaired) electrons. The largest absolute Gasteiger partial charge is 0.358 e. The average Bonchev–Trinajstić information content (AvgIpc) is 2.69. The van der Waals surface area contributed by atoms with Crippen LogP contribution in [0.3, 0.4) is 0 Å². The first-order valence-corrected chi connectivity index (χ1v) is 9.06. The summed E-state index contributed by atoms with van der Waals surface area (Å²) in [7, 11) is 0. The van der Waals surface area contributed by atoms with Gasteiger partial charge in [-0.05, 0) is 48.2 Å². The molecular formula is C22H20F3NO2. The summed E-state index contributed by atoms with van der Waals surface area (Å²) in [6.07, 6.45) is 6.48. The maximum absolute atomic E-state index is 13.9. The molecule has 2 aromatic carbocycles. The highest BCUT2D eigenvalue weighted by Crippen LogP contribution is 2.39. The number of ether oxygens (including phenoxy) is 1. The zero-order valence-electron chi connectivity index (χ0n) is 15.2. The van der Waals surface area contributed by atoms with Crippen molar-refractivity contribution in [3.05, 3.63) is 71.0 Å². The highest BCUT2D eigenvalue weighted by atomic mass is 19.2. The van der Waals surface area contributed by atoms with Crippen LogP contribution in [0.2, 0.25) is 0 Å². The van der Waals surface area contributed by atoms with Crippen molar-refractivity contribution in [1.29, 1.82) is 0 Å². The molecule has 1 heterocycles. The summed E-state index contributed by atoms with van der Waals surface area (Å²) in [5.74, 6) is -0.116. The number of nitrogens with zero attached hydrogens (tertiary/aromatic N) is 1. The first-order valence-electron chi connectivity index (χ1n) is 9.06. The van der Waals surface area contributed by atoms with E-state index in [1.54, 1.807) is 17.0 Å². The van der Waals surface area contributed by atoms with Crippen LogP contribution in [-0.4, -0.2) is 24.0 Å². The zero-order chi connectivity index (χ0) is 20.1. The van der Waals surface area contributed by atoms with Gasteiger partial charge in [-0.3, -0.25) is 4.79 Å². The third-order valence-corrected chi connectivity index (χ3v) is 4.81. The number of benzene rings is 2. The molecule has 2 atom stereocenters. The molecule has 3 rings (SSSR count). The molecule has 0 saturated carbocycles. The lowest BCUT2D eigenvalue weighted by Crippen LogP contribution is -2.41. The van der Waals surface area contributed by atoms with Gasteiger partial charge in [-0.25, -0.2) is 13.2 Å². The van der Waals surface area contributed by atoms with Crippen molar-refractivity contribution < 1.29 is 22.7 Å². The molecule has 1 aliphatic heterocycles. The van der Waals surface area contributed by atoms with Gasteiger partial charge in [-0.2, -0.15) is 0 Å². The lowest BCUT2D eigenvalue weighted by atomic mass is 9.92. The molecule has 2 aromatic rings. The Bertz CT molecular complexity index is 876. The summed E-state index contributed by atoms with van der Waals surface area (Å²) in [5, 5.41) is 0. The van der Waals surface area contributed by atoms with E-state index in [1.807, 2.05) is 0 Å². The number of likely N-dealkylation sites (tertiary alicyclic amines) is 1. The second-order valence-corrected chi connectivity index (χ2v) is 6.65. The minimum absolute atomic E-state index is 0.0718. The number of terminal acetylenes is 1. The van der Waals surface area contributed by atoms with Crippen molar-refractivity contribution in [1.82, 2.24) is 4.90 Å². The van der Waals surface area contributed by atoms with E-state index in [4.69, 9.17) is 11.2 Å². The van der Waals surface area contributed by atoms with Crippen molar-refractivity contribution in [3.8, 4) is 12.3 Å². The molecule has 1 saturated heterocycles. The fourth-order valence-electron chi connectivity index (χ4n) is 3.50. The Balaban J connectivity index is 2.09. The number of rotatable bonds is 6. The highest BCUT2D eigenvalue weighted by molar-refractivity contribution is 5.77.